The molecule has 2 aromatic carbocycles. The zero-order valence-electron chi connectivity index (χ0n) is 16.1. The van der Waals surface area contributed by atoms with Crippen LogP contribution >= 0.6 is 11.6 Å². The molecule has 0 radical (unpaired) electrons. The largest absolute Gasteiger partial charge is 0.497 e. The normalized spacial score (nSPS) is 16.3. The van der Waals surface area contributed by atoms with Crippen LogP contribution in [0, 0.1) is 0 Å². The predicted octanol–water partition coefficient (Wildman–Crippen LogP) is 3.92. The van der Waals surface area contributed by atoms with Crippen molar-refractivity contribution in [3.05, 3.63) is 58.9 Å². The number of halogens is 1. The number of hydrogen-bond donors (Lipinski definition) is 0. The number of methoxy groups -OCH3 is 2. The van der Waals surface area contributed by atoms with Crippen LogP contribution in [0.5, 0.6) is 11.5 Å². The van der Waals surface area contributed by atoms with Crippen molar-refractivity contribution in [2.75, 3.05) is 20.8 Å². The Kier molecular flexibility index (Phi) is 5.40. The number of rotatable bonds is 6. The van der Waals surface area contributed by atoms with Crippen molar-refractivity contribution < 1.29 is 18.8 Å². The number of likely N-dealkylation sites (tertiary alicyclic amines) is 1. The van der Waals surface area contributed by atoms with Crippen molar-refractivity contribution in [1.29, 1.82) is 0 Å². The topological polar surface area (TPSA) is 77.7 Å². The molecule has 1 aromatic heterocycles. The van der Waals surface area contributed by atoms with Gasteiger partial charge in [-0.05, 0) is 29.8 Å². The lowest BCUT2D eigenvalue weighted by Crippen LogP contribution is -2.24. The maximum atomic E-state index is 12.5. The number of hydrogen-bond acceptors (Lipinski definition) is 6. The minimum absolute atomic E-state index is 0.0627. The molecule has 1 aliphatic rings. The molecule has 0 spiro atoms. The first-order valence-corrected chi connectivity index (χ1v) is 9.53. The van der Waals surface area contributed by atoms with Gasteiger partial charge in [0.15, 0.2) is 0 Å². The fourth-order valence-electron chi connectivity index (χ4n) is 3.36. The molecule has 29 heavy (non-hydrogen) atoms. The van der Waals surface area contributed by atoms with Gasteiger partial charge in [0.05, 0.1) is 20.1 Å². The van der Waals surface area contributed by atoms with E-state index >= 15 is 0 Å². The zero-order chi connectivity index (χ0) is 20.4. The van der Waals surface area contributed by atoms with Gasteiger partial charge < -0.3 is 18.9 Å². The number of carbonyl (C=O) groups is 1. The molecule has 150 valence electrons. The standard InChI is InChI=1S/C21H20ClN3O4/c1-27-17-7-14(8-18(10-17)28-2)20-23-21(29-24-20)15-9-19(26)25(12-15)11-13-3-5-16(22)6-4-13/h3-8,10,15H,9,11-12H2,1-2H3. The molecule has 7 nitrogen and oxygen atoms in total. The molecule has 8 heteroatoms. The highest BCUT2D eigenvalue weighted by molar-refractivity contribution is 6.30. The van der Waals surface area contributed by atoms with E-state index in [0.29, 0.717) is 47.7 Å². The predicted molar refractivity (Wildman–Crippen MR) is 107 cm³/mol. The Morgan fingerprint density at radius 1 is 1.14 bits per heavy atom. The van der Waals surface area contributed by atoms with Crippen LogP contribution in [0.3, 0.4) is 0 Å². The summed E-state index contributed by atoms with van der Waals surface area (Å²) in [5.41, 5.74) is 1.75. The summed E-state index contributed by atoms with van der Waals surface area (Å²) in [4.78, 5) is 18.8. The molecule has 2 heterocycles. The van der Waals surface area contributed by atoms with Crippen molar-refractivity contribution >= 4 is 17.5 Å². The van der Waals surface area contributed by atoms with Gasteiger partial charge in [-0.25, -0.2) is 0 Å². The molecule has 1 saturated heterocycles. The molecule has 1 aliphatic heterocycles. The smallest absolute Gasteiger partial charge is 0.232 e. The van der Waals surface area contributed by atoms with Crippen LogP contribution in [-0.2, 0) is 11.3 Å². The van der Waals surface area contributed by atoms with Crippen LogP contribution in [0.2, 0.25) is 5.02 Å². The Bertz CT molecular complexity index is 997. The van der Waals surface area contributed by atoms with Gasteiger partial charge in [0.2, 0.25) is 17.6 Å². The van der Waals surface area contributed by atoms with E-state index < -0.39 is 0 Å². The zero-order valence-corrected chi connectivity index (χ0v) is 16.8. The second-order valence-corrected chi connectivity index (χ2v) is 7.30. The molecule has 1 fully saturated rings. The number of ether oxygens (including phenoxy) is 2. The van der Waals surface area contributed by atoms with Crippen LogP contribution in [0.25, 0.3) is 11.4 Å². The van der Waals surface area contributed by atoms with Gasteiger partial charge >= 0.3 is 0 Å². The summed E-state index contributed by atoms with van der Waals surface area (Å²) < 4.78 is 16.1. The minimum Gasteiger partial charge on any atom is -0.497 e. The summed E-state index contributed by atoms with van der Waals surface area (Å²) in [5.74, 6) is 2.08. The number of nitrogens with zero attached hydrogens (tertiary/aromatic N) is 3. The van der Waals surface area contributed by atoms with E-state index in [-0.39, 0.29) is 11.8 Å². The maximum absolute atomic E-state index is 12.5. The molecule has 3 aromatic rings. The lowest BCUT2D eigenvalue weighted by Gasteiger charge is -2.16. The van der Waals surface area contributed by atoms with Crippen LogP contribution in [0.15, 0.2) is 47.0 Å². The van der Waals surface area contributed by atoms with Gasteiger partial charge in [-0.15, -0.1) is 0 Å². The molecule has 0 saturated carbocycles. The number of aromatic nitrogens is 2. The molecule has 1 unspecified atom stereocenters. The van der Waals surface area contributed by atoms with E-state index in [4.69, 9.17) is 25.6 Å². The molecule has 0 N–H and O–H groups in total. The third-order valence-corrected chi connectivity index (χ3v) is 5.15. The third kappa shape index (κ3) is 4.19. The summed E-state index contributed by atoms with van der Waals surface area (Å²) in [6.45, 7) is 1.06. The van der Waals surface area contributed by atoms with Gasteiger partial charge in [-0.3, -0.25) is 4.79 Å². The van der Waals surface area contributed by atoms with Crippen molar-refractivity contribution in [1.82, 2.24) is 15.0 Å². The van der Waals surface area contributed by atoms with Gasteiger partial charge in [0.25, 0.3) is 0 Å². The number of benzene rings is 2. The van der Waals surface area contributed by atoms with E-state index in [9.17, 15) is 4.79 Å². The summed E-state index contributed by atoms with van der Waals surface area (Å²) >= 11 is 5.93. The first-order chi connectivity index (χ1) is 14.1. The summed E-state index contributed by atoms with van der Waals surface area (Å²) in [7, 11) is 3.17. The Morgan fingerprint density at radius 2 is 1.83 bits per heavy atom. The molecule has 4 rings (SSSR count). The summed E-state index contributed by atoms with van der Waals surface area (Å²) in [6, 6.07) is 12.9. The number of amides is 1. The molecule has 1 amide bonds. The Morgan fingerprint density at radius 3 is 2.48 bits per heavy atom. The molecule has 0 aliphatic carbocycles. The molecule has 0 bridgehead atoms. The quantitative estimate of drug-likeness (QED) is 0.609. The maximum Gasteiger partial charge on any atom is 0.232 e. The minimum atomic E-state index is -0.136. The van der Waals surface area contributed by atoms with Crippen LogP contribution in [0.4, 0.5) is 0 Å². The van der Waals surface area contributed by atoms with Gasteiger partial charge in [0, 0.05) is 36.2 Å². The second-order valence-electron chi connectivity index (χ2n) is 6.86. The average Bonchev–Trinajstić information content (AvgIpc) is 3.36. The second kappa shape index (κ2) is 8.13. The van der Waals surface area contributed by atoms with Crippen LogP contribution < -0.4 is 9.47 Å². The Labute approximate surface area is 173 Å². The summed E-state index contributed by atoms with van der Waals surface area (Å²) in [5, 5.41) is 4.76. The van der Waals surface area contributed by atoms with Gasteiger partial charge in [0.1, 0.15) is 11.5 Å². The highest BCUT2D eigenvalue weighted by atomic mass is 35.5. The number of carbonyl (C=O) groups excluding carboxylic acids is 1. The van der Waals surface area contributed by atoms with Crippen LogP contribution in [-0.4, -0.2) is 41.7 Å². The summed E-state index contributed by atoms with van der Waals surface area (Å²) in [6.07, 6.45) is 0.344. The van der Waals surface area contributed by atoms with Gasteiger partial charge in [-0.2, -0.15) is 4.98 Å². The highest BCUT2D eigenvalue weighted by Gasteiger charge is 2.34. The van der Waals surface area contributed by atoms with E-state index in [1.165, 1.54) is 0 Å². The third-order valence-electron chi connectivity index (χ3n) is 4.90. The monoisotopic (exact) mass is 413 g/mol. The fourth-order valence-corrected chi connectivity index (χ4v) is 3.48. The van der Waals surface area contributed by atoms with Gasteiger partial charge in [-0.1, -0.05) is 28.9 Å². The first-order valence-electron chi connectivity index (χ1n) is 9.15. The van der Waals surface area contributed by atoms with Crippen molar-refractivity contribution in [3.63, 3.8) is 0 Å². The van der Waals surface area contributed by atoms with E-state index in [0.717, 1.165) is 11.1 Å². The molecular weight excluding hydrogens is 394 g/mol. The van der Waals surface area contributed by atoms with E-state index in [1.807, 2.05) is 36.4 Å². The SMILES string of the molecule is COc1cc(OC)cc(-c2noc(C3CC(=O)N(Cc4ccc(Cl)cc4)C3)n2)c1. The lowest BCUT2D eigenvalue weighted by atomic mass is 10.1. The Hall–Kier alpha value is -3.06. The van der Waals surface area contributed by atoms with Crippen LogP contribution in [0.1, 0.15) is 23.8 Å². The lowest BCUT2D eigenvalue weighted by molar-refractivity contribution is -0.128. The van der Waals surface area contributed by atoms with E-state index in [2.05, 4.69) is 10.1 Å². The average molecular weight is 414 g/mol. The van der Waals surface area contributed by atoms with Crippen molar-refractivity contribution in [2.45, 2.75) is 18.9 Å². The van der Waals surface area contributed by atoms with Crippen molar-refractivity contribution in [3.8, 4) is 22.9 Å². The molecule has 1 atom stereocenters. The fraction of sp³-hybridized carbons (Fsp3) is 0.286. The van der Waals surface area contributed by atoms with Crippen molar-refractivity contribution in [2.24, 2.45) is 0 Å². The first kappa shape index (κ1) is 19.3. The highest BCUT2D eigenvalue weighted by Crippen LogP contribution is 2.32. The van der Waals surface area contributed by atoms with E-state index in [1.54, 1.807) is 25.2 Å². The molecular formula is C21H20ClN3O4. The Balaban J connectivity index is 1.50.